The van der Waals surface area contributed by atoms with Gasteiger partial charge in [-0.3, -0.25) is 14.4 Å². The van der Waals surface area contributed by atoms with E-state index in [1.54, 1.807) is 4.90 Å². The van der Waals surface area contributed by atoms with Crippen LogP contribution < -0.4 is 10.6 Å². The standard InChI is InChI=1S/C30H53N3O10/c1-19-11-12-23(19)42-22-15-21(17-34)33(16-22)26(38)10-6-3-7-13-31-25(37)9-5-4-8-14-41-30-27(32-20(2)36)29(40)28(39)24(18-35)43-30/h19,21-24,27-30,34-35,39-40H,3-18H2,1-2H3,(H,31,37)(H,32,36)/t19?,21-,22+,23?,24?,27?,28?,29?,30?/m0/s1. The van der Waals surface area contributed by atoms with E-state index in [-0.39, 0.29) is 43.3 Å². The lowest BCUT2D eigenvalue weighted by Gasteiger charge is -2.42. The zero-order valence-electron chi connectivity index (χ0n) is 25.7. The summed E-state index contributed by atoms with van der Waals surface area (Å²) in [6.07, 6.45) is 3.66. The third kappa shape index (κ3) is 10.9. The Morgan fingerprint density at radius 3 is 2.35 bits per heavy atom. The number of nitrogens with zero attached hydrogens (tertiary/aromatic N) is 1. The van der Waals surface area contributed by atoms with Crippen molar-refractivity contribution < 1.29 is 49.0 Å². The molecule has 1 saturated carbocycles. The van der Waals surface area contributed by atoms with Crippen LogP contribution in [0.2, 0.25) is 0 Å². The number of ether oxygens (including phenoxy) is 3. The SMILES string of the molecule is CC(=O)NC1C(OCCCCCC(=O)NCCCCCC(=O)N2C[C@H](OC3CCC3C)C[C@H]2CO)OC(CO)C(O)C1O. The minimum absolute atomic E-state index is 0.00791. The highest BCUT2D eigenvalue weighted by Gasteiger charge is 2.45. The number of aliphatic hydroxyl groups excluding tert-OH is 4. The van der Waals surface area contributed by atoms with E-state index in [1.165, 1.54) is 13.3 Å². The second kappa shape index (κ2) is 18.2. The lowest BCUT2D eigenvalue weighted by molar-refractivity contribution is -0.270. The van der Waals surface area contributed by atoms with Crippen LogP contribution in [0.25, 0.3) is 0 Å². The number of hydrogen-bond donors (Lipinski definition) is 6. The quantitative estimate of drug-likeness (QED) is 0.114. The molecule has 0 bridgehead atoms. The first-order valence-electron chi connectivity index (χ1n) is 16.0. The topological polar surface area (TPSA) is 187 Å². The van der Waals surface area contributed by atoms with Gasteiger partial charge in [0.05, 0.1) is 31.5 Å². The van der Waals surface area contributed by atoms with Gasteiger partial charge in [-0.05, 0) is 50.9 Å². The molecule has 3 amide bonds. The smallest absolute Gasteiger partial charge is 0.222 e. The fraction of sp³-hybridized carbons (Fsp3) is 0.900. The molecule has 3 aliphatic rings. The third-order valence-electron chi connectivity index (χ3n) is 8.79. The van der Waals surface area contributed by atoms with E-state index < -0.39 is 43.2 Å². The van der Waals surface area contributed by atoms with Crippen LogP contribution in [-0.2, 0) is 28.6 Å². The number of carbonyl (C=O) groups excluding carboxylic acids is 3. The zero-order chi connectivity index (χ0) is 31.4. The molecule has 43 heavy (non-hydrogen) atoms. The fourth-order valence-corrected chi connectivity index (χ4v) is 5.95. The van der Waals surface area contributed by atoms with Crippen LogP contribution in [0.3, 0.4) is 0 Å². The molecule has 7 unspecified atom stereocenters. The molecule has 0 radical (unpaired) electrons. The van der Waals surface area contributed by atoms with Crippen molar-refractivity contribution in [1.82, 2.24) is 15.5 Å². The van der Waals surface area contributed by atoms with Crippen LogP contribution >= 0.6 is 0 Å². The van der Waals surface area contributed by atoms with Gasteiger partial charge in [-0.25, -0.2) is 0 Å². The van der Waals surface area contributed by atoms with Crippen LogP contribution in [0.4, 0.5) is 0 Å². The first-order chi connectivity index (χ1) is 20.6. The van der Waals surface area contributed by atoms with Crippen molar-refractivity contribution in [2.75, 3.05) is 32.9 Å². The Hall–Kier alpha value is -1.87. The first kappa shape index (κ1) is 35.6. The molecule has 1 aliphatic carbocycles. The number of unbranched alkanes of at least 4 members (excludes halogenated alkanes) is 4. The van der Waals surface area contributed by atoms with E-state index in [4.69, 9.17) is 14.2 Å². The monoisotopic (exact) mass is 615 g/mol. The summed E-state index contributed by atoms with van der Waals surface area (Å²) < 4.78 is 17.4. The number of nitrogens with one attached hydrogen (secondary N) is 2. The summed E-state index contributed by atoms with van der Waals surface area (Å²) in [5, 5.41) is 44.9. The Bertz CT molecular complexity index is 879. The predicted molar refractivity (Wildman–Crippen MR) is 156 cm³/mol. The van der Waals surface area contributed by atoms with Gasteiger partial charge >= 0.3 is 0 Å². The summed E-state index contributed by atoms with van der Waals surface area (Å²) in [6.45, 7) is 4.29. The predicted octanol–water partition coefficient (Wildman–Crippen LogP) is -0.0394. The molecule has 0 aromatic heterocycles. The molecule has 3 rings (SSSR count). The number of rotatable bonds is 18. The van der Waals surface area contributed by atoms with Crippen molar-refractivity contribution in [1.29, 1.82) is 0 Å². The Kier molecular flexibility index (Phi) is 15.1. The van der Waals surface area contributed by atoms with E-state index in [0.29, 0.717) is 51.1 Å². The molecule has 0 aromatic rings. The van der Waals surface area contributed by atoms with Crippen molar-refractivity contribution >= 4 is 17.7 Å². The number of aliphatic hydroxyl groups is 4. The summed E-state index contributed by atoms with van der Waals surface area (Å²) in [5.74, 6) is 0.186. The van der Waals surface area contributed by atoms with Crippen LogP contribution in [0.1, 0.15) is 84.5 Å². The maximum atomic E-state index is 12.8. The maximum Gasteiger partial charge on any atom is 0.222 e. The Balaban J connectivity index is 1.20. The van der Waals surface area contributed by atoms with Crippen molar-refractivity contribution in [2.45, 2.75) is 133 Å². The highest BCUT2D eigenvalue weighted by molar-refractivity contribution is 5.77. The lowest BCUT2D eigenvalue weighted by atomic mass is 9.83. The normalized spacial score (nSPS) is 32.3. The average molecular weight is 616 g/mol. The molecule has 6 N–H and O–H groups in total. The van der Waals surface area contributed by atoms with Crippen molar-refractivity contribution in [3.8, 4) is 0 Å². The molecule has 3 fully saturated rings. The summed E-state index contributed by atoms with van der Waals surface area (Å²) in [7, 11) is 0. The minimum Gasteiger partial charge on any atom is -0.394 e. The van der Waals surface area contributed by atoms with Crippen molar-refractivity contribution in [3.05, 3.63) is 0 Å². The number of carbonyl (C=O) groups is 3. The largest absolute Gasteiger partial charge is 0.394 e. The van der Waals surface area contributed by atoms with Crippen LogP contribution in [0.5, 0.6) is 0 Å². The molecule has 9 atom stereocenters. The second-order valence-corrected chi connectivity index (χ2v) is 12.2. The number of hydrogen-bond acceptors (Lipinski definition) is 10. The fourth-order valence-electron chi connectivity index (χ4n) is 5.95. The Morgan fingerprint density at radius 2 is 1.70 bits per heavy atom. The Morgan fingerprint density at radius 1 is 0.953 bits per heavy atom. The van der Waals surface area contributed by atoms with E-state index in [0.717, 1.165) is 32.1 Å². The van der Waals surface area contributed by atoms with Gasteiger partial charge in [-0.15, -0.1) is 0 Å². The van der Waals surface area contributed by atoms with Gasteiger partial charge in [0.25, 0.3) is 0 Å². The summed E-state index contributed by atoms with van der Waals surface area (Å²) in [4.78, 5) is 38.2. The zero-order valence-corrected chi connectivity index (χ0v) is 25.7. The van der Waals surface area contributed by atoms with Crippen molar-refractivity contribution in [2.24, 2.45) is 5.92 Å². The molecule has 2 heterocycles. The number of amides is 3. The molecule has 13 nitrogen and oxygen atoms in total. The molecule has 2 aliphatic heterocycles. The van der Waals surface area contributed by atoms with E-state index in [2.05, 4.69) is 17.6 Å². The van der Waals surface area contributed by atoms with Gasteiger partial charge < -0.3 is 50.2 Å². The average Bonchev–Trinajstić information content (AvgIpc) is 3.41. The second-order valence-electron chi connectivity index (χ2n) is 12.2. The molecule has 13 heteroatoms. The van der Waals surface area contributed by atoms with Crippen molar-refractivity contribution in [3.63, 3.8) is 0 Å². The molecule has 248 valence electrons. The summed E-state index contributed by atoms with van der Waals surface area (Å²) >= 11 is 0. The maximum absolute atomic E-state index is 12.8. The number of likely N-dealkylation sites (tertiary alicyclic amines) is 1. The van der Waals surface area contributed by atoms with Crippen LogP contribution in [0, 0.1) is 5.92 Å². The highest BCUT2D eigenvalue weighted by Crippen LogP contribution is 2.33. The van der Waals surface area contributed by atoms with Gasteiger partial charge in [0, 0.05) is 39.5 Å². The lowest BCUT2D eigenvalue weighted by Crippen LogP contribution is -2.64. The minimum atomic E-state index is -1.36. The van der Waals surface area contributed by atoms with Gasteiger partial charge in [0.2, 0.25) is 17.7 Å². The molecular formula is C30H53N3O10. The molecule has 2 saturated heterocycles. The van der Waals surface area contributed by atoms with E-state index in [1.807, 2.05) is 0 Å². The van der Waals surface area contributed by atoms with Crippen LogP contribution in [-0.4, -0.2) is 125 Å². The van der Waals surface area contributed by atoms with Gasteiger partial charge in [-0.1, -0.05) is 19.8 Å². The first-order valence-corrected chi connectivity index (χ1v) is 16.0. The van der Waals surface area contributed by atoms with Gasteiger partial charge in [0.1, 0.15) is 24.4 Å². The highest BCUT2D eigenvalue weighted by atomic mass is 16.7. The van der Waals surface area contributed by atoms with Gasteiger partial charge in [-0.2, -0.15) is 0 Å². The van der Waals surface area contributed by atoms with Gasteiger partial charge in [0.15, 0.2) is 6.29 Å². The Labute approximate surface area is 254 Å². The summed E-state index contributed by atoms with van der Waals surface area (Å²) in [5.41, 5.74) is 0. The molecule has 0 spiro atoms. The third-order valence-corrected chi connectivity index (χ3v) is 8.79. The van der Waals surface area contributed by atoms with E-state index >= 15 is 0 Å². The molecular weight excluding hydrogens is 562 g/mol. The van der Waals surface area contributed by atoms with Crippen LogP contribution in [0.15, 0.2) is 0 Å². The summed E-state index contributed by atoms with van der Waals surface area (Å²) in [6, 6.07) is -1.13. The molecule has 0 aromatic carbocycles. The van der Waals surface area contributed by atoms with E-state index in [9.17, 15) is 34.8 Å².